The minimum atomic E-state index is -0.961. The molecule has 3 rings (SSSR count). The van der Waals surface area contributed by atoms with Gasteiger partial charge >= 0.3 is 5.97 Å². The number of rotatable bonds is 6. The summed E-state index contributed by atoms with van der Waals surface area (Å²) in [6, 6.07) is 0. The van der Waals surface area contributed by atoms with Crippen LogP contribution in [0.4, 0.5) is 0 Å². The third-order valence-corrected chi connectivity index (χ3v) is 4.82. The number of carboxylic acid groups (broad SMARTS) is 1. The molecule has 1 saturated carbocycles. The first-order chi connectivity index (χ1) is 13.0. The molecule has 0 bridgehead atoms. The van der Waals surface area contributed by atoms with Crippen LogP contribution >= 0.6 is 0 Å². The summed E-state index contributed by atoms with van der Waals surface area (Å²) in [7, 11) is 0. The molecule has 1 aromatic rings. The van der Waals surface area contributed by atoms with Gasteiger partial charge in [0.15, 0.2) is 11.6 Å². The third-order valence-electron chi connectivity index (χ3n) is 4.82. The molecule has 2 N–H and O–H groups in total. The smallest absolute Gasteiger partial charge is 0.305 e. The van der Waals surface area contributed by atoms with Gasteiger partial charge in [-0.2, -0.15) is 0 Å². The number of aliphatic hydroxyl groups excluding tert-OH is 1. The van der Waals surface area contributed by atoms with E-state index in [0.717, 1.165) is 6.42 Å². The Morgan fingerprint density at radius 2 is 1.78 bits per heavy atom. The molecule has 1 heterocycles. The molecule has 27 heavy (non-hydrogen) atoms. The van der Waals surface area contributed by atoms with E-state index in [9.17, 15) is 19.5 Å². The van der Waals surface area contributed by atoms with Gasteiger partial charge in [0.25, 0.3) is 0 Å². The summed E-state index contributed by atoms with van der Waals surface area (Å²) in [6.45, 7) is 0.0695. The fourth-order valence-corrected chi connectivity index (χ4v) is 3.52. The molecule has 2 aliphatic carbocycles. The number of aromatic nitrogens is 1. The van der Waals surface area contributed by atoms with Crippen molar-refractivity contribution in [3.05, 3.63) is 28.3 Å². The normalized spacial score (nSPS) is 20.7. The van der Waals surface area contributed by atoms with Crippen LogP contribution in [0.5, 0.6) is 0 Å². The number of aliphatic hydroxyl groups is 1. The molecule has 0 spiro atoms. The Hall–Kier alpha value is -2.77. The van der Waals surface area contributed by atoms with Crippen molar-refractivity contribution in [2.24, 2.45) is 4.99 Å². The van der Waals surface area contributed by atoms with E-state index in [1.54, 1.807) is 0 Å². The summed E-state index contributed by atoms with van der Waals surface area (Å²) in [5.74, 6) is -0.640. The maximum Gasteiger partial charge on any atom is 0.305 e. The largest absolute Gasteiger partial charge is 0.511 e. The zero-order chi connectivity index (χ0) is 19.4. The number of nitrogens with zero attached hydrogens (tertiary/aromatic N) is 2. The number of ketones is 2. The molecule has 8 nitrogen and oxygen atoms in total. The molecule has 0 radical (unpaired) electrons. The molecule has 0 unspecified atom stereocenters. The summed E-state index contributed by atoms with van der Waals surface area (Å²) in [5, 5.41) is 23.2. The second-order valence-electron chi connectivity index (χ2n) is 6.77. The summed E-state index contributed by atoms with van der Waals surface area (Å²) < 4.78 is 5.24. The van der Waals surface area contributed by atoms with Crippen LogP contribution in [0.25, 0.3) is 0 Å². The first kappa shape index (κ1) is 19.0. The Balaban J connectivity index is 1.77. The van der Waals surface area contributed by atoms with E-state index < -0.39 is 5.97 Å². The standard InChI is InChI=1S/C19H22N2O6/c22-13-4-1-3-11(20-10-9-17(25)26)18(13)15(24)8-7-12-19-14(23)5-2-6-16(19)27-21-12/h24H,1-10H2,(H,25,26)/b18-15+,20-11?. The number of carboxylic acids is 1. The van der Waals surface area contributed by atoms with Crippen molar-refractivity contribution in [1.82, 2.24) is 5.16 Å². The summed E-state index contributed by atoms with van der Waals surface area (Å²) in [5.41, 5.74) is 1.68. The van der Waals surface area contributed by atoms with E-state index in [1.165, 1.54) is 0 Å². The third kappa shape index (κ3) is 4.32. The molecule has 0 aromatic carbocycles. The number of Topliss-reactive ketones (excluding diaryl/α,β-unsaturated/α-hetero) is 2. The van der Waals surface area contributed by atoms with Crippen molar-refractivity contribution < 1.29 is 29.1 Å². The van der Waals surface area contributed by atoms with Crippen molar-refractivity contribution in [3.63, 3.8) is 0 Å². The highest BCUT2D eigenvalue weighted by atomic mass is 16.5. The van der Waals surface area contributed by atoms with Crippen molar-refractivity contribution in [2.45, 2.75) is 57.8 Å². The average Bonchev–Trinajstić information content (AvgIpc) is 3.04. The van der Waals surface area contributed by atoms with Gasteiger partial charge < -0.3 is 14.7 Å². The Labute approximate surface area is 156 Å². The predicted octanol–water partition coefficient (Wildman–Crippen LogP) is 2.61. The van der Waals surface area contributed by atoms with E-state index in [4.69, 9.17) is 9.63 Å². The van der Waals surface area contributed by atoms with Crippen LogP contribution < -0.4 is 0 Å². The zero-order valence-electron chi connectivity index (χ0n) is 15.0. The quantitative estimate of drug-likeness (QED) is 0.578. The van der Waals surface area contributed by atoms with Gasteiger partial charge in [-0.1, -0.05) is 5.16 Å². The molecular weight excluding hydrogens is 352 g/mol. The van der Waals surface area contributed by atoms with Gasteiger partial charge in [0.1, 0.15) is 11.5 Å². The molecule has 0 aliphatic heterocycles. The number of fused-ring (bicyclic) bond motifs is 1. The highest BCUT2D eigenvalue weighted by molar-refractivity contribution is 6.24. The van der Waals surface area contributed by atoms with E-state index in [-0.39, 0.29) is 48.7 Å². The lowest BCUT2D eigenvalue weighted by Gasteiger charge is -2.18. The maximum absolute atomic E-state index is 12.3. The van der Waals surface area contributed by atoms with Gasteiger partial charge in [-0.05, 0) is 19.3 Å². The number of allylic oxidation sites excluding steroid dienone is 2. The predicted molar refractivity (Wildman–Crippen MR) is 95.2 cm³/mol. The number of hydrogen-bond donors (Lipinski definition) is 2. The fourth-order valence-electron chi connectivity index (χ4n) is 3.52. The maximum atomic E-state index is 12.3. The van der Waals surface area contributed by atoms with Gasteiger partial charge in [-0.15, -0.1) is 0 Å². The van der Waals surface area contributed by atoms with Crippen LogP contribution in [0.2, 0.25) is 0 Å². The molecule has 2 aliphatic rings. The van der Waals surface area contributed by atoms with E-state index in [0.29, 0.717) is 54.8 Å². The number of carbonyl (C=O) groups excluding carboxylic acids is 2. The second kappa shape index (κ2) is 8.28. The first-order valence-corrected chi connectivity index (χ1v) is 9.18. The molecule has 8 heteroatoms. The highest BCUT2D eigenvalue weighted by Crippen LogP contribution is 2.27. The number of carbonyl (C=O) groups is 3. The topological polar surface area (TPSA) is 130 Å². The number of hydrogen-bond acceptors (Lipinski definition) is 7. The number of aliphatic imine (C=N–C) groups is 1. The molecule has 1 aromatic heterocycles. The summed E-state index contributed by atoms with van der Waals surface area (Å²) in [4.78, 5) is 39.3. The molecule has 0 amide bonds. The Morgan fingerprint density at radius 1 is 1.04 bits per heavy atom. The van der Waals surface area contributed by atoms with Crippen molar-refractivity contribution >= 4 is 23.2 Å². The summed E-state index contributed by atoms with van der Waals surface area (Å²) in [6.07, 6.45) is 3.69. The Morgan fingerprint density at radius 3 is 2.56 bits per heavy atom. The van der Waals surface area contributed by atoms with E-state index in [1.807, 2.05) is 0 Å². The number of aryl methyl sites for hydroxylation is 2. The lowest BCUT2D eigenvalue weighted by molar-refractivity contribution is -0.136. The van der Waals surface area contributed by atoms with Crippen LogP contribution in [0, 0.1) is 0 Å². The fraction of sp³-hybridized carbons (Fsp3) is 0.526. The van der Waals surface area contributed by atoms with Crippen LogP contribution in [0.1, 0.15) is 66.8 Å². The SMILES string of the molecule is O=C(O)CCN=C1CCCC(=O)/C1=C(/O)CCc1noc2c1C(=O)CCC2. The van der Waals surface area contributed by atoms with E-state index >= 15 is 0 Å². The van der Waals surface area contributed by atoms with Gasteiger partial charge in [-0.3, -0.25) is 19.4 Å². The second-order valence-corrected chi connectivity index (χ2v) is 6.77. The van der Waals surface area contributed by atoms with Crippen LogP contribution in [0.15, 0.2) is 20.8 Å². The molecule has 0 saturated heterocycles. The molecule has 1 fully saturated rings. The minimum absolute atomic E-state index is 0.00399. The first-order valence-electron chi connectivity index (χ1n) is 9.18. The van der Waals surface area contributed by atoms with Crippen molar-refractivity contribution in [2.75, 3.05) is 6.54 Å². The lowest BCUT2D eigenvalue weighted by atomic mass is 9.89. The average molecular weight is 374 g/mol. The van der Waals surface area contributed by atoms with Gasteiger partial charge in [0.05, 0.1) is 23.3 Å². The van der Waals surface area contributed by atoms with E-state index in [2.05, 4.69) is 10.1 Å². The van der Waals surface area contributed by atoms with Crippen LogP contribution in [-0.4, -0.2) is 45.2 Å². The lowest BCUT2D eigenvalue weighted by Crippen LogP contribution is -2.22. The van der Waals surface area contributed by atoms with Gasteiger partial charge in [0, 0.05) is 44.4 Å². The Bertz CT molecular complexity index is 833. The molecule has 144 valence electrons. The van der Waals surface area contributed by atoms with Crippen LogP contribution in [0.3, 0.4) is 0 Å². The molecular formula is C19H22N2O6. The van der Waals surface area contributed by atoms with Crippen LogP contribution in [-0.2, 0) is 22.4 Å². The van der Waals surface area contributed by atoms with Gasteiger partial charge in [0.2, 0.25) is 0 Å². The summed E-state index contributed by atoms with van der Waals surface area (Å²) >= 11 is 0. The minimum Gasteiger partial charge on any atom is -0.511 e. The van der Waals surface area contributed by atoms with Crippen molar-refractivity contribution in [1.29, 1.82) is 0 Å². The zero-order valence-corrected chi connectivity index (χ0v) is 15.0. The number of aliphatic carboxylic acids is 1. The Kier molecular flexibility index (Phi) is 5.83. The monoisotopic (exact) mass is 374 g/mol. The highest BCUT2D eigenvalue weighted by Gasteiger charge is 2.28. The molecule has 0 atom stereocenters. The van der Waals surface area contributed by atoms with Gasteiger partial charge in [-0.25, -0.2) is 0 Å². The van der Waals surface area contributed by atoms with Crippen molar-refractivity contribution in [3.8, 4) is 0 Å².